The molecule has 3 heterocycles. The molecule has 162 valence electrons. The molecule has 31 heavy (non-hydrogen) atoms. The average molecular weight is 451 g/mol. The average Bonchev–Trinajstić information content (AvgIpc) is 3.47. The fourth-order valence-electron chi connectivity index (χ4n) is 4.22. The van der Waals surface area contributed by atoms with E-state index in [0.717, 1.165) is 12.1 Å². The van der Waals surface area contributed by atoms with E-state index < -0.39 is 12.1 Å². The highest BCUT2D eigenvalue weighted by atomic mass is 35.5. The van der Waals surface area contributed by atoms with Crippen LogP contribution in [0.15, 0.2) is 53.1 Å². The van der Waals surface area contributed by atoms with Gasteiger partial charge in [-0.2, -0.15) is 18.2 Å². The van der Waals surface area contributed by atoms with Gasteiger partial charge in [-0.15, -0.1) is 12.4 Å². The van der Waals surface area contributed by atoms with Crippen LogP contribution in [0.25, 0.3) is 11.4 Å². The van der Waals surface area contributed by atoms with Gasteiger partial charge in [0.25, 0.3) is 5.91 Å². The van der Waals surface area contributed by atoms with Crippen LogP contribution in [0.1, 0.15) is 33.3 Å². The van der Waals surface area contributed by atoms with Crippen molar-refractivity contribution in [3.63, 3.8) is 0 Å². The molecule has 2 atom stereocenters. The van der Waals surface area contributed by atoms with Crippen molar-refractivity contribution in [1.29, 1.82) is 0 Å². The topological polar surface area (TPSA) is 71.3 Å². The normalized spacial score (nSPS) is 20.6. The van der Waals surface area contributed by atoms with Crippen molar-refractivity contribution in [1.82, 2.24) is 20.4 Å². The van der Waals surface area contributed by atoms with Crippen molar-refractivity contribution in [2.75, 3.05) is 13.1 Å². The van der Waals surface area contributed by atoms with Crippen LogP contribution in [0.2, 0.25) is 0 Å². The quantitative estimate of drug-likeness (QED) is 0.655. The smallest absolute Gasteiger partial charge is 0.329 e. The molecule has 1 aromatic heterocycles. The Morgan fingerprint density at radius 3 is 2.58 bits per heavy atom. The maximum atomic E-state index is 13.2. The minimum absolute atomic E-state index is 0. The lowest BCUT2D eigenvalue weighted by Crippen LogP contribution is -2.40. The van der Waals surface area contributed by atoms with Gasteiger partial charge in [0.15, 0.2) is 0 Å². The molecule has 6 nitrogen and oxygen atoms in total. The van der Waals surface area contributed by atoms with Crippen molar-refractivity contribution in [3.05, 3.63) is 71.1 Å². The molecule has 1 amide bonds. The molecule has 5 rings (SSSR count). The van der Waals surface area contributed by atoms with E-state index in [1.54, 1.807) is 18.2 Å². The Morgan fingerprint density at radius 2 is 1.87 bits per heavy atom. The number of alkyl halides is 3. The van der Waals surface area contributed by atoms with Gasteiger partial charge in [-0.3, -0.25) is 4.79 Å². The first-order valence-electron chi connectivity index (χ1n) is 9.52. The Balaban J connectivity index is 0.00000231. The molecule has 1 saturated heterocycles. The van der Waals surface area contributed by atoms with Crippen LogP contribution in [0.4, 0.5) is 13.2 Å². The van der Waals surface area contributed by atoms with Gasteiger partial charge < -0.3 is 14.7 Å². The fourth-order valence-corrected chi connectivity index (χ4v) is 4.22. The largest absolute Gasteiger partial charge is 0.471 e. The van der Waals surface area contributed by atoms with E-state index >= 15 is 0 Å². The third-order valence-electron chi connectivity index (χ3n) is 5.68. The molecule has 0 aliphatic carbocycles. The highest BCUT2D eigenvalue weighted by Crippen LogP contribution is 2.35. The van der Waals surface area contributed by atoms with Gasteiger partial charge in [0.2, 0.25) is 5.82 Å². The SMILES string of the molecule is Cl.O=C1c2cc(-c3noc(C(F)(F)F)n3)ccc2CN1[C@@H]1CNC[C@H]1c1ccccc1. The molecule has 2 aliphatic heterocycles. The van der Waals surface area contributed by atoms with Crippen molar-refractivity contribution >= 4 is 18.3 Å². The number of hydrogen-bond donors (Lipinski definition) is 1. The number of aromatic nitrogens is 2. The van der Waals surface area contributed by atoms with Crippen LogP contribution in [-0.4, -0.2) is 40.1 Å². The van der Waals surface area contributed by atoms with Crippen LogP contribution in [0.5, 0.6) is 0 Å². The monoisotopic (exact) mass is 450 g/mol. The first kappa shape index (κ1) is 21.3. The van der Waals surface area contributed by atoms with Gasteiger partial charge in [0, 0.05) is 36.7 Å². The molecule has 0 saturated carbocycles. The number of carbonyl (C=O) groups excluding carboxylic acids is 1. The number of rotatable bonds is 3. The predicted octanol–water partition coefficient (Wildman–Crippen LogP) is 3.89. The van der Waals surface area contributed by atoms with Crippen molar-refractivity contribution in [2.45, 2.75) is 24.7 Å². The van der Waals surface area contributed by atoms with E-state index in [1.807, 2.05) is 23.1 Å². The van der Waals surface area contributed by atoms with Crippen molar-refractivity contribution < 1.29 is 22.5 Å². The number of halogens is 4. The summed E-state index contributed by atoms with van der Waals surface area (Å²) >= 11 is 0. The van der Waals surface area contributed by atoms with Crippen molar-refractivity contribution in [2.24, 2.45) is 0 Å². The summed E-state index contributed by atoms with van der Waals surface area (Å²) in [5, 5.41) is 6.78. The van der Waals surface area contributed by atoms with Crippen LogP contribution in [-0.2, 0) is 12.7 Å². The van der Waals surface area contributed by atoms with Gasteiger partial charge in [0.1, 0.15) is 0 Å². The minimum Gasteiger partial charge on any atom is -0.329 e. The molecule has 0 spiro atoms. The van der Waals surface area contributed by atoms with E-state index in [0.29, 0.717) is 24.2 Å². The second-order valence-corrected chi connectivity index (χ2v) is 7.47. The maximum absolute atomic E-state index is 13.2. The Bertz CT molecular complexity index is 1100. The highest BCUT2D eigenvalue weighted by molar-refractivity contribution is 5.99. The second-order valence-electron chi connectivity index (χ2n) is 7.47. The number of nitrogens with zero attached hydrogens (tertiary/aromatic N) is 3. The van der Waals surface area contributed by atoms with Crippen LogP contribution in [0.3, 0.4) is 0 Å². The van der Waals surface area contributed by atoms with Crippen LogP contribution < -0.4 is 5.32 Å². The molecule has 0 unspecified atom stereocenters. The Kier molecular flexibility index (Phi) is 5.49. The van der Waals surface area contributed by atoms with Gasteiger partial charge in [-0.05, 0) is 17.2 Å². The lowest BCUT2D eigenvalue weighted by atomic mass is 9.93. The Labute approximate surface area is 181 Å². The van der Waals surface area contributed by atoms with E-state index in [-0.39, 0.29) is 36.1 Å². The molecule has 1 fully saturated rings. The number of fused-ring (bicyclic) bond motifs is 1. The molecule has 3 aromatic rings. The van der Waals surface area contributed by atoms with E-state index in [2.05, 4.69) is 32.1 Å². The zero-order valence-corrected chi connectivity index (χ0v) is 16.9. The molecule has 0 bridgehead atoms. The lowest BCUT2D eigenvalue weighted by molar-refractivity contribution is -0.159. The molecule has 1 N–H and O–H groups in total. The van der Waals surface area contributed by atoms with E-state index in [9.17, 15) is 18.0 Å². The summed E-state index contributed by atoms with van der Waals surface area (Å²) in [6.07, 6.45) is -4.71. The lowest BCUT2D eigenvalue weighted by Gasteiger charge is -2.29. The van der Waals surface area contributed by atoms with Gasteiger partial charge in [-0.25, -0.2) is 0 Å². The van der Waals surface area contributed by atoms with Crippen LogP contribution in [0, 0.1) is 0 Å². The summed E-state index contributed by atoms with van der Waals surface area (Å²) in [4.78, 5) is 18.4. The second kappa shape index (κ2) is 7.97. The number of benzene rings is 2. The summed E-state index contributed by atoms with van der Waals surface area (Å²) in [6.45, 7) is 1.93. The van der Waals surface area contributed by atoms with Crippen LogP contribution >= 0.6 is 12.4 Å². The van der Waals surface area contributed by atoms with E-state index in [1.165, 1.54) is 5.56 Å². The molecule has 2 aliphatic rings. The third-order valence-corrected chi connectivity index (χ3v) is 5.68. The first-order chi connectivity index (χ1) is 14.4. The van der Waals surface area contributed by atoms with Gasteiger partial charge in [-0.1, -0.05) is 47.6 Å². The summed E-state index contributed by atoms with van der Waals surface area (Å²) in [6, 6.07) is 14.9. The Hall–Kier alpha value is -2.91. The number of amides is 1. The minimum atomic E-state index is -4.71. The number of hydrogen-bond acceptors (Lipinski definition) is 5. The summed E-state index contributed by atoms with van der Waals surface area (Å²) < 4.78 is 42.5. The molecule has 10 heteroatoms. The Morgan fingerprint density at radius 1 is 1.10 bits per heavy atom. The fraction of sp³-hybridized carbons (Fsp3) is 0.286. The van der Waals surface area contributed by atoms with Crippen molar-refractivity contribution in [3.8, 4) is 11.4 Å². The summed E-state index contributed by atoms with van der Waals surface area (Å²) in [7, 11) is 0. The predicted molar refractivity (Wildman–Crippen MR) is 108 cm³/mol. The standard InChI is InChI=1S/C21H17F3N4O2.ClH/c22-21(23,24)20-26-18(27-30-20)13-6-7-14-11-28(19(29)15(14)8-13)17-10-25-9-16(17)12-4-2-1-3-5-12;/h1-8,16-17,25H,9-11H2;1H/t16-,17+;/m0./s1. The first-order valence-corrected chi connectivity index (χ1v) is 9.52. The zero-order chi connectivity index (χ0) is 20.9. The van der Waals surface area contributed by atoms with Gasteiger partial charge in [0.05, 0.1) is 6.04 Å². The van der Waals surface area contributed by atoms with E-state index in [4.69, 9.17) is 0 Å². The molecule has 2 aromatic carbocycles. The molecular formula is C21H18ClF3N4O2. The summed E-state index contributed by atoms with van der Waals surface area (Å²) in [5.74, 6) is -1.56. The highest BCUT2D eigenvalue weighted by Gasteiger charge is 2.41. The zero-order valence-electron chi connectivity index (χ0n) is 16.1. The third kappa shape index (κ3) is 3.79. The number of nitrogens with one attached hydrogen (secondary N) is 1. The molecular weight excluding hydrogens is 433 g/mol. The van der Waals surface area contributed by atoms with Gasteiger partial charge >= 0.3 is 12.1 Å². The summed E-state index contributed by atoms with van der Waals surface area (Å²) in [5.41, 5.74) is 2.78. The molecule has 0 radical (unpaired) electrons. The maximum Gasteiger partial charge on any atom is 0.471 e. The number of carbonyl (C=O) groups is 1.